The van der Waals surface area contributed by atoms with Crippen LogP contribution in [0.2, 0.25) is 10.0 Å². The van der Waals surface area contributed by atoms with E-state index in [1.54, 1.807) is 11.0 Å². The molecule has 1 saturated heterocycles. The Balaban J connectivity index is 1.49. The van der Waals surface area contributed by atoms with E-state index in [4.69, 9.17) is 28.2 Å². The summed E-state index contributed by atoms with van der Waals surface area (Å²) in [6.45, 7) is 9.12. The second kappa shape index (κ2) is 13.7. The van der Waals surface area contributed by atoms with E-state index in [0.29, 0.717) is 47.1 Å². The molecule has 2 aromatic rings. The first-order chi connectivity index (χ1) is 18.4. The van der Waals surface area contributed by atoms with Crippen LogP contribution in [0.15, 0.2) is 47.5 Å². The summed E-state index contributed by atoms with van der Waals surface area (Å²) < 4.78 is 0. The summed E-state index contributed by atoms with van der Waals surface area (Å²) in [7, 11) is 0. The predicted octanol–water partition coefficient (Wildman–Crippen LogP) is 6.62. The van der Waals surface area contributed by atoms with Gasteiger partial charge in [-0.25, -0.2) is 4.99 Å². The first-order valence-corrected chi connectivity index (χ1v) is 14.7. The highest BCUT2D eigenvalue weighted by atomic mass is 35.5. The molecule has 1 heterocycles. The third-order valence-corrected chi connectivity index (χ3v) is 8.34. The Morgan fingerprint density at radius 1 is 1.11 bits per heavy atom. The van der Waals surface area contributed by atoms with Gasteiger partial charge in [0.05, 0.1) is 6.04 Å². The highest BCUT2D eigenvalue weighted by Gasteiger charge is 2.28. The zero-order chi connectivity index (χ0) is 27.1. The molecular formula is C30H41Cl2N5O. The number of benzene rings is 2. The first-order valence-electron chi connectivity index (χ1n) is 14.0. The Labute approximate surface area is 237 Å². The number of hydrogen-bond donors (Lipinski definition) is 2. The van der Waals surface area contributed by atoms with E-state index in [-0.39, 0.29) is 0 Å². The van der Waals surface area contributed by atoms with Crippen molar-refractivity contribution in [2.75, 3.05) is 29.9 Å². The standard InChI is InChI=1S/C30H41Cl2N5O/c1-4-23-7-5-6-8-29(23)35-30(37-18-21(2)33-22(3)19-37)34-26-11-13-27(14-12-26)36(20-38)16-15-24-9-10-25(31)17-28(24)32/h9-14,17,20-23,29,33H,4-8,15-16,18-19H2,1-3H3,(H,34,35)/t21-,22+,23-,29-/m1/s1. The minimum absolute atomic E-state index is 0.362. The average Bonchev–Trinajstić information content (AvgIpc) is 2.90. The van der Waals surface area contributed by atoms with Gasteiger partial charge in [0.2, 0.25) is 6.41 Å². The molecule has 4 atom stereocenters. The number of carbonyl (C=O) groups is 1. The molecule has 0 spiro atoms. The van der Waals surface area contributed by atoms with Crippen LogP contribution in [-0.4, -0.2) is 55.0 Å². The van der Waals surface area contributed by atoms with Gasteiger partial charge in [-0.15, -0.1) is 0 Å². The van der Waals surface area contributed by atoms with Gasteiger partial charge in [-0.05, 0) is 81.0 Å². The van der Waals surface area contributed by atoms with Gasteiger partial charge in [-0.3, -0.25) is 4.79 Å². The molecule has 0 bridgehead atoms. The number of anilines is 2. The van der Waals surface area contributed by atoms with Crippen molar-refractivity contribution in [1.29, 1.82) is 0 Å². The van der Waals surface area contributed by atoms with Gasteiger partial charge in [0.1, 0.15) is 0 Å². The Kier molecular flexibility index (Phi) is 10.3. The van der Waals surface area contributed by atoms with Crippen LogP contribution >= 0.6 is 23.2 Å². The summed E-state index contributed by atoms with van der Waals surface area (Å²) in [5, 5.41) is 8.50. The molecule has 206 valence electrons. The van der Waals surface area contributed by atoms with E-state index in [1.165, 1.54) is 25.7 Å². The summed E-state index contributed by atoms with van der Waals surface area (Å²) in [5.41, 5.74) is 2.79. The molecule has 2 aromatic carbocycles. The van der Waals surface area contributed by atoms with Crippen LogP contribution in [0.5, 0.6) is 0 Å². The van der Waals surface area contributed by atoms with Crippen LogP contribution in [0.3, 0.4) is 0 Å². The molecule has 1 saturated carbocycles. The smallest absolute Gasteiger partial charge is 0.214 e. The van der Waals surface area contributed by atoms with E-state index in [1.807, 2.05) is 36.4 Å². The van der Waals surface area contributed by atoms with Crippen LogP contribution in [0.1, 0.15) is 58.4 Å². The topological polar surface area (TPSA) is 60.0 Å². The first kappa shape index (κ1) is 28.7. The van der Waals surface area contributed by atoms with E-state index in [2.05, 4.69) is 36.3 Å². The van der Waals surface area contributed by atoms with Crippen molar-refractivity contribution in [2.24, 2.45) is 10.9 Å². The van der Waals surface area contributed by atoms with Crippen molar-refractivity contribution in [1.82, 2.24) is 10.2 Å². The molecule has 38 heavy (non-hydrogen) atoms. The second-order valence-corrected chi connectivity index (χ2v) is 11.6. The molecule has 2 N–H and O–H groups in total. The molecule has 2 fully saturated rings. The molecule has 6 nitrogen and oxygen atoms in total. The highest BCUT2D eigenvalue weighted by Crippen LogP contribution is 2.30. The number of nitrogens with zero attached hydrogens (tertiary/aromatic N) is 3. The number of aliphatic imine (C=N–C) groups is 1. The Morgan fingerprint density at radius 3 is 2.47 bits per heavy atom. The minimum Gasteiger partial charge on any atom is -0.340 e. The molecule has 1 aliphatic heterocycles. The summed E-state index contributed by atoms with van der Waals surface area (Å²) >= 11 is 12.3. The maximum Gasteiger partial charge on any atom is 0.214 e. The maximum atomic E-state index is 11.9. The van der Waals surface area contributed by atoms with Gasteiger partial charge in [0, 0.05) is 53.1 Å². The van der Waals surface area contributed by atoms with Crippen LogP contribution < -0.4 is 15.5 Å². The molecular weight excluding hydrogens is 517 g/mol. The van der Waals surface area contributed by atoms with Crippen molar-refractivity contribution >= 4 is 46.9 Å². The average molecular weight is 559 g/mol. The molecule has 0 radical (unpaired) electrons. The number of halogens is 2. The highest BCUT2D eigenvalue weighted by molar-refractivity contribution is 6.35. The van der Waals surface area contributed by atoms with Gasteiger partial charge in [-0.2, -0.15) is 0 Å². The lowest BCUT2D eigenvalue weighted by Crippen LogP contribution is -2.57. The Bertz CT molecular complexity index is 1080. The number of piperazine rings is 1. The minimum atomic E-state index is 0.362. The van der Waals surface area contributed by atoms with E-state index < -0.39 is 0 Å². The second-order valence-electron chi connectivity index (χ2n) is 10.8. The van der Waals surface area contributed by atoms with E-state index >= 15 is 0 Å². The van der Waals surface area contributed by atoms with Crippen LogP contribution in [0.25, 0.3) is 0 Å². The number of guanidine groups is 1. The van der Waals surface area contributed by atoms with Crippen LogP contribution in [0.4, 0.5) is 11.4 Å². The molecule has 8 heteroatoms. The third-order valence-electron chi connectivity index (χ3n) is 7.76. The van der Waals surface area contributed by atoms with Crippen molar-refractivity contribution in [3.8, 4) is 0 Å². The number of amides is 1. The molecule has 4 rings (SSSR count). The number of rotatable bonds is 8. The third kappa shape index (κ3) is 7.64. The summed E-state index contributed by atoms with van der Waals surface area (Å²) in [6, 6.07) is 14.7. The van der Waals surface area contributed by atoms with Crippen molar-refractivity contribution in [2.45, 2.75) is 77.4 Å². The van der Waals surface area contributed by atoms with Crippen molar-refractivity contribution in [3.63, 3.8) is 0 Å². The number of nitrogens with one attached hydrogen (secondary N) is 2. The zero-order valence-electron chi connectivity index (χ0n) is 22.8. The number of hydrogen-bond acceptors (Lipinski definition) is 3. The summed E-state index contributed by atoms with van der Waals surface area (Å²) in [4.78, 5) is 21.3. The van der Waals surface area contributed by atoms with E-state index in [0.717, 1.165) is 48.8 Å². The van der Waals surface area contributed by atoms with Crippen LogP contribution in [-0.2, 0) is 11.2 Å². The Hall–Kier alpha value is -2.28. The number of carbonyl (C=O) groups excluding carboxylic acids is 1. The summed E-state index contributed by atoms with van der Waals surface area (Å²) in [6.07, 6.45) is 7.68. The van der Waals surface area contributed by atoms with Crippen molar-refractivity contribution < 1.29 is 4.79 Å². The monoisotopic (exact) mass is 557 g/mol. The molecule has 2 aliphatic rings. The Morgan fingerprint density at radius 2 is 1.82 bits per heavy atom. The van der Waals surface area contributed by atoms with Gasteiger partial charge < -0.3 is 20.4 Å². The fourth-order valence-electron chi connectivity index (χ4n) is 5.76. The van der Waals surface area contributed by atoms with E-state index in [9.17, 15) is 4.79 Å². The lowest BCUT2D eigenvalue weighted by atomic mass is 9.83. The van der Waals surface area contributed by atoms with Gasteiger partial charge in [-0.1, -0.05) is 55.5 Å². The fourth-order valence-corrected chi connectivity index (χ4v) is 6.26. The van der Waals surface area contributed by atoms with Gasteiger partial charge >= 0.3 is 0 Å². The largest absolute Gasteiger partial charge is 0.340 e. The quantitative estimate of drug-likeness (QED) is 0.217. The molecule has 0 aromatic heterocycles. The SMILES string of the molecule is CC[C@@H]1CCCC[C@H]1N=C(Nc1ccc(N(C=O)CCc2ccc(Cl)cc2Cl)cc1)N1C[C@@H](C)N[C@@H](C)C1. The lowest BCUT2D eigenvalue weighted by molar-refractivity contribution is -0.107. The normalized spacial score (nSPS) is 24.2. The molecule has 1 amide bonds. The molecule has 1 aliphatic carbocycles. The maximum absolute atomic E-state index is 11.9. The molecule has 0 unspecified atom stereocenters. The predicted molar refractivity (Wildman–Crippen MR) is 161 cm³/mol. The zero-order valence-corrected chi connectivity index (χ0v) is 24.3. The van der Waals surface area contributed by atoms with Crippen molar-refractivity contribution in [3.05, 3.63) is 58.1 Å². The van der Waals surface area contributed by atoms with Gasteiger partial charge in [0.15, 0.2) is 5.96 Å². The summed E-state index contributed by atoms with van der Waals surface area (Å²) in [5.74, 6) is 1.61. The fraction of sp³-hybridized carbons (Fsp3) is 0.533. The lowest BCUT2D eigenvalue weighted by Gasteiger charge is -2.39. The van der Waals surface area contributed by atoms with Gasteiger partial charge in [0.25, 0.3) is 0 Å². The van der Waals surface area contributed by atoms with Crippen LogP contribution in [0, 0.1) is 5.92 Å².